The third-order valence-electron chi connectivity index (χ3n) is 4.55. The summed E-state index contributed by atoms with van der Waals surface area (Å²) in [4.78, 5) is 0. The fourth-order valence-electron chi connectivity index (χ4n) is 3.57. The lowest BCUT2D eigenvalue weighted by atomic mass is 9.77. The number of rotatable bonds is 1. The van der Waals surface area contributed by atoms with Crippen LogP contribution in [0.4, 0.5) is 10.1 Å². The van der Waals surface area contributed by atoms with Crippen molar-refractivity contribution in [3.8, 4) is 0 Å². The average molecular weight is 300 g/mol. The molecule has 106 valence electrons. The molecular weight excluding hydrogens is 285 g/mol. The van der Waals surface area contributed by atoms with Crippen molar-refractivity contribution < 1.29 is 4.39 Å². The average Bonchev–Trinajstić information content (AvgIpc) is 2.97. The molecular formula is C18H15ClFN. The molecule has 0 saturated carbocycles. The molecule has 1 heterocycles. The molecule has 0 spiro atoms. The maximum atomic E-state index is 13.5. The van der Waals surface area contributed by atoms with Crippen LogP contribution in [0.1, 0.15) is 29.5 Å². The van der Waals surface area contributed by atoms with Gasteiger partial charge in [0.2, 0.25) is 0 Å². The minimum Gasteiger partial charge on any atom is -0.378 e. The Morgan fingerprint density at radius 2 is 1.90 bits per heavy atom. The zero-order chi connectivity index (χ0) is 14.4. The van der Waals surface area contributed by atoms with Crippen LogP contribution in [0, 0.1) is 11.7 Å². The molecule has 1 nitrogen and oxygen atoms in total. The first-order chi connectivity index (χ1) is 10.2. The van der Waals surface area contributed by atoms with Gasteiger partial charge in [-0.15, -0.1) is 0 Å². The van der Waals surface area contributed by atoms with Crippen molar-refractivity contribution >= 4 is 17.3 Å². The summed E-state index contributed by atoms with van der Waals surface area (Å²) < 4.78 is 13.5. The molecule has 1 aliphatic heterocycles. The van der Waals surface area contributed by atoms with E-state index in [1.165, 1.54) is 11.6 Å². The monoisotopic (exact) mass is 299 g/mol. The number of benzene rings is 2. The van der Waals surface area contributed by atoms with Crippen molar-refractivity contribution in [3.63, 3.8) is 0 Å². The number of fused-ring (bicyclic) bond motifs is 3. The van der Waals surface area contributed by atoms with Crippen LogP contribution < -0.4 is 5.32 Å². The molecule has 2 aromatic carbocycles. The molecule has 0 amide bonds. The van der Waals surface area contributed by atoms with Gasteiger partial charge in [-0.3, -0.25) is 0 Å². The first-order valence-electron chi connectivity index (χ1n) is 7.20. The lowest BCUT2D eigenvalue weighted by Crippen LogP contribution is -2.29. The van der Waals surface area contributed by atoms with Crippen LogP contribution in [0.5, 0.6) is 0 Å². The summed E-state index contributed by atoms with van der Waals surface area (Å²) in [6, 6.07) is 13.3. The Morgan fingerprint density at radius 3 is 2.71 bits per heavy atom. The molecule has 2 aromatic rings. The van der Waals surface area contributed by atoms with Gasteiger partial charge in [0.15, 0.2) is 0 Å². The molecule has 0 bridgehead atoms. The highest BCUT2D eigenvalue weighted by Crippen LogP contribution is 2.49. The summed E-state index contributed by atoms with van der Waals surface area (Å²) >= 11 is 5.99. The van der Waals surface area contributed by atoms with E-state index in [0.717, 1.165) is 22.7 Å². The van der Waals surface area contributed by atoms with Crippen molar-refractivity contribution in [2.45, 2.75) is 18.4 Å². The zero-order valence-electron chi connectivity index (χ0n) is 11.4. The quantitative estimate of drug-likeness (QED) is 0.704. The Hall–Kier alpha value is -1.80. The lowest BCUT2D eigenvalue weighted by Gasteiger charge is -2.37. The second kappa shape index (κ2) is 4.88. The fourth-order valence-corrected chi connectivity index (χ4v) is 3.69. The van der Waals surface area contributed by atoms with E-state index in [0.29, 0.717) is 5.92 Å². The SMILES string of the molecule is Fc1ccc2c(c1)[C@@H]1C=CC[C@@H]1[C@H](c1ccc(Cl)cc1)N2. The van der Waals surface area contributed by atoms with Gasteiger partial charge in [-0.25, -0.2) is 4.39 Å². The van der Waals surface area contributed by atoms with Crippen LogP contribution in [0.25, 0.3) is 0 Å². The summed E-state index contributed by atoms with van der Waals surface area (Å²) in [6.07, 6.45) is 5.44. The molecule has 3 atom stereocenters. The number of hydrogen-bond donors (Lipinski definition) is 1. The summed E-state index contributed by atoms with van der Waals surface area (Å²) in [7, 11) is 0. The van der Waals surface area contributed by atoms with E-state index >= 15 is 0 Å². The summed E-state index contributed by atoms with van der Waals surface area (Å²) in [5.74, 6) is 0.553. The molecule has 1 aliphatic carbocycles. The summed E-state index contributed by atoms with van der Waals surface area (Å²) in [5, 5.41) is 4.33. The van der Waals surface area contributed by atoms with E-state index in [1.54, 1.807) is 6.07 Å². The highest BCUT2D eigenvalue weighted by molar-refractivity contribution is 6.30. The standard InChI is InChI=1S/C18H15ClFN/c19-12-6-4-11(5-7-12)18-15-3-1-2-14(15)16-10-13(20)8-9-17(16)21-18/h1-2,4-10,14-15,18,21H,3H2/t14-,15+,18+/m1/s1. The summed E-state index contributed by atoms with van der Waals surface area (Å²) in [6.45, 7) is 0. The zero-order valence-corrected chi connectivity index (χ0v) is 12.1. The van der Waals surface area contributed by atoms with Crippen LogP contribution in [-0.4, -0.2) is 0 Å². The summed E-state index contributed by atoms with van der Waals surface area (Å²) in [5.41, 5.74) is 3.33. The Morgan fingerprint density at radius 1 is 1.10 bits per heavy atom. The fraction of sp³-hybridized carbons (Fsp3) is 0.222. The van der Waals surface area contributed by atoms with Crippen molar-refractivity contribution in [1.29, 1.82) is 0 Å². The number of allylic oxidation sites excluding steroid dienone is 2. The van der Waals surface area contributed by atoms with Gasteiger partial charge in [-0.2, -0.15) is 0 Å². The van der Waals surface area contributed by atoms with Crippen molar-refractivity contribution in [2.24, 2.45) is 5.92 Å². The number of anilines is 1. The van der Waals surface area contributed by atoms with Crippen LogP contribution >= 0.6 is 11.6 Å². The van der Waals surface area contributed by atoms with Gasteiger partial charge >= 0.3 is 0 Å². The molecule has 2 aliphatic rings. The maximum Gasteiger partial charge on any atom is 0.123 e. The van der Waals surface area contributed by atoms with E-state index in [1.807, 2.05) is 18.2 Å². The number of hydrogen-bond acceptors (Lipinski definition) is 1. The molecule has 3 heteroatoms. The molecule has 0 saturated heterocycles. The minimum absolute atomic E-state index is 0.167. The van der Waals surface area contributed by atoms with Crippen LogP contribution in [0.15, 0.2) is 54.6 Å². The third kappa shape index (κ3) is 2.14. The molecule has 0 aromatic heterocycles. The van der Waals surface area contributed by atoms with Crippen LogP contribution in [0.3, 0.4) is 0 Å². The van der Waals surface area contributed by atoms with E-state index < -0.39 is 0 Å². The Balaban J connectivity index is 1.78. The van der Waals surface area contributed by atoms with E-state index in [2.05, 4.69) is 29.6 Å². The smallest absolute Gasteiger partial charge is 0.123 e. The Kier molecular flexibility index (Phi) is 3.00. The number of nitrogens with one attached hydrogen (secondary N) is 1. The molecule has 0 radical (unpaired) electrons. The van der Waals surface area contributed by atoms with E-state index in [4.69, 9.17) is 11.6 Å². The highest BCUT2D eigenvalue weighted by Gasteiger charge is 2.37. The predicted octanol–water partition coefficient (Wildman–Crippen LogP) is 5.31. The maximum absolute atomic E-state index is 13.5. The molecule has 0 fully saturated rings. The van der Waals surface area contributed by atoms with E-state index in [-0.39, 0.29) is 17.8 Å². The Labute approximate surface area is 128 Å². The second-order valence-electron chi connectivity index (χ2n) is 5.76. The topological polar surface area (TPSA) is 12.0 Å². The van der Waals surface area contributed by atoms with Gasteiger partial charge in [0, 0.05) is 16.6 Å². The molecule has 21 heavy (non-hydrogen) atoms. The Bertz CT molecular complexity index is 708. The third-order valence-corrected chi connectivity index (χ3v) is 4.81. The highest BCUT2D eigenvalue weighted by atomic mass is 35.5. The van der Waals surface area contributed by atoms with Gasteiger partial charge < -0.3 is 5.32 Å². The number of halogens is 2. The molecule has 4 rings (SSSR count). The minimum atomic E-state index is -0.167. The van der Waals surface area contributed by atoms with Gasteiger partial charge in [0.05, 0.1) is 6.04 Å². The first kappa shape index (κ1) is 12.9. The first-order valence-corrected chi connectivity index (χ1v) is 7.58. The van der Waals surface area contributed by atoms with Crippen LogP contribution in [-0.2, 0) is 0 Å². The largest absolute Gasteiger partial charge is 0.378 e. The molecule has 1 N–H and O–H groups in total. The normalized spacial score (nSPS) is 26.1. The van der Waals surface area contributed by atoms with Crippen molar-refractivity contribution in [3.05, 3.63) is 76.6 Å². The van der Waals surface area contributed by atoms with Gasteiger partial charge in [0.1, 0.15) is 5.82 Å². The molecule has 0 unspecified atom stereocenters. The van der Waals surface area contributed by atoms with Gasteiger partial charge in [-0.05, 0) is 53.8 Å². The predicted molar refractivity (Wildman–Crippen MR) is 84.2 cm³/mol. The second-order valence-corrected chi connectivity index (χ2v) is 6.20. The lowest BCUT2D eigenvalue weighted by molar-refractivity contribution is 0.424. The van der Waals surface area contributed by atoms with Crippen molar-refractivity contribution in [2.75, 3.05) is 5.32 Å². The van der Waals surface area contributed by atoms with Gasteiger partial charge in [0.25, 0.3) is 0 Å². The van der Waals surface area contributed by atoms with Gasteiger partial charge in [-0.1, -0.05) is 35.9 Å². The van der Waals surface area contributed by atoms with Crippen molar-refractivity contribution in [1.82, 2.24) is 0 Å². The van der Waals surface area contributed by atoms with E-state index in [9.17, 15) is 4.39 Å². The van der Waals surface area contributed by atoms with Crippen LogP contribution in [0.2, 0.25) is 5.02 Å².